The maximum atomic E-state index is 13.2. The Morgan fingerprint density at radius 3 is 2.88 bits per heavy atom. The van der Waals surface area contributed by atoms with Gasteiger partial charge in [-0.25, -0.2) is 0 Å². The highest BCUT2D eigenvalue weighted by atomic mass is 19.1. The molecule has 1 N–H and O–H groups in total. The Morgan fingerprint density at radius 2 is 2.29 bits per heavy atom. The van der Waals surface area contributed by atoms with E-state index in [9.17, 15) is 14.5 Å². The van der Waals surface area contributed by atoms with Gasteiger partial charge >= 0.3 is 5.69 Å². The van der Waals surface area contributed by atoms with Crippen molar-refractivity contribution in [1.29, 1.82) is 0 Å². The summed E-state index contributed by atoms with van der Waals surface area (Å²) in [5, 5.41) is 13.5. The number of benzene rings is 1. The monoisotopic (exact) mass is 236 g/mol. The lowest BCUT2D eigenvalue weighted by Gasteiger charge is -2.04. The molecular weight excluding hydrogens is 223 g/mol. The van der Waals surface area contributed by atoms with Gasteiger partial charge in [-0.2, -0.15) is 4.39 Å². The Morgan fingerprint density at radius 1 is 1.53 bits per heavy atom. The summed E-state index contributed by atoms with van der Waals surface area (Å²) in [4.78, 5) is 9.66. The lowest BCUT2D eigenvalue weighted by Crippen LogP contribution is -2.14. The van der Waals surface area contributed by atoms with Crippen molar-refractivity contribution in [3.63, 3.8) is 0 Å². The van der Waals surface area contributed by atoms with Crippen molar-refractivity contribution in [3.05, 3.63) is 39.7 Å². The molecular formula is C12H13FN2O2. The Balaban J connectivity index is 2.48. The lowest BCUT2D eigenvalue weighted by atomic mass is 10.2. The standard InChI is InChI=1S/C12H13FN2O2/c1-2-3-4-7-14-9-10-5-6-12(15(16)17)11(13)8-10/h1,5-6,8,14H,3-4,7,9H2. The fourth-order valence-electron chi connectivity index (χ4n) is 1.36. The van der Waals surface area contributed by atoms with Crippen molar-refractivity contribution in [1.82, 2.24) is 5.32 Å². The average molecular weight is 236 g/mol. The molecule has 1 aromatic rings. The summed E-state index contributed by atoms with van der Waals surface area (Å²) in [5.41, 5.74) is 0.176. The molecule has 0 fully saturated rings. The summed E-state index contributed by atoms with van der Waals surface area (Å²) in [6.45, 7) is 1.21. The summed E-state index contributed by atoms with van der Waals surface area (Å²) in [6.07, 6.45) is 6.64. The maximum Gasteiger partial charge on any atom is 0.304 e. The van der Waals surface area contributed by atoms with Gasteiger partial charge in [0.2, 0.25) is 5.82 Å². The predicted molar refractivity (Wildman–Crippen MR) is 62.8 cm³/mol. The molecule has 0 amide bonds. The first-order chi connectivity index (χ1) is 8.15. The molecule has 0 aliphatic heterocycles. The van der Waals surface area contributed by atoms with Crippen LogP contribution in [0.15, 0.2) is 18.2 Å². The summed E-state index contributed by atoms with van der Waals surface area (Å²) in [7, 11) is 0. The molecule has 0 radical (unpaired) electrons. The van der Waals surface area contributed by atoms with Gasteiger partial charge in [-0.1, -0.05) is 6.07 Å². The molecule has 0 spiro atoms. The topological polar surface area (TPSA) is 55.2 Å². The second kappa shape index (κ2) is 6.61. The number of unbranched alkanes of at least 4 members (excludes halogenated alkanes) is 1. The number of hydrogen-bond donors (Lipinski definition) is 1. The van der Waals surface area contributed by atoms with Gasteiger partial charge in [0.1, 0.15) is 0 Å². The number of nitro benzene ring substituents is 1. The van der Waals surface area contributed by atoms with Crippen molar-refractivity contribution >= 4 is 5.69 Å². The molecule has 0 atom stereocenters. The van der Waals surface area contributed by atoms with Gasteiger partial charge in [0.25, 0.3) is 0 Å². The Kier molecular flexibility index (Phi) is 5.11. The highest BCUT2D eigenvalue weighted by Gasteiger charge is 2.13. The van der Waals surface area contributed by atoms with Gasteiger partial charge in [-0.15, -0.1) is 12.3 Å². The molecule has 1 aromatic carbocycles. The highest BCUT2D eigenvalue weighted by molar-refractivity contribution is 5.34. The molecule has 0 bridgehead atoms. The molecule has 0 saturated carbocycles. The van der Waals surface area contributed by atoms with Crippen LogP contribution in [0.3, 0.4) is 0 Å². The Labute approximate surface area is 99.0 Å². The summed E-state index contributed by atoms with van der Waals surface area (Å²) in [6, 6.07) is 3.88. The van der Waals surface area contributed by atoms with E-state index < -0.39 is 16.4 Å². The first-order valence-corrected chi connectivity index (χ1v) is 5.22. The van der Waals surface area contributed by atoms with Crippen LogP contribution in [0.1, 0.15) is 18.4 Å². The van der Waals surface area contributed by atoms with E-state index in [4.69, 9.17) is 6.42 Å². The number of nitrogens with one attached hydrogen (secondary N) is 1. The molecule has 0 aliphatic rings. The smallest absolute Gasteiger partial charge is 0.304 e. The van der Waals surface area contributed by atoms with Gasteiger partial charge in [-0.3, -0.25) is 10.1 Å². The molecule has 0 aliphatic carbocycles. The lowest BCUT2D eigenvalue weighted by molar-refractivity contribution is -0.387. The largest absolute Gasteiger partial charge is 0.313 e. The minimum Gasteiger partial charge on any atom is -0.313 e. The second-order valence-corrected chi connectivity index (χ2v) is 3.53. The van der Waals surface area contributed by atoms with Crippen LogP contribution in [-0.4, -0.2) is 11.5 Å². The minimum absolute atomic E-state index is 0.472. The van der Waals surface area contributed by atoms with Crippen molar-refractivity contribution in [2.24, 2.45) is 0 Å². The van der Waals surface area contributed by atoms with E-state index >= 15 is 0 Å². The molecule has 4 nitrogen and oxygen atoms in total. The molecule has 0 aromatic heterocycles. The van der Waals surface area contributed by atoms with E-state index in [-0.39, 0.29) is 0 Å². The fraction of sp³-hybridized carbons (Fsp3) is 0.333. The predicted octanol–water partition coefficient (Wildman–Crippen LogP) is 2.24. The van der Waals surface area contributed by atoms with E-state index in [1.165, 1.54) is 18.2 Å². The Bertz CT molecular complexity index is 441. The van der Waals surface area contributed by atoms with Gasteiger partial charge in [0.15, 0.2) is 0 Å². The zero-order chi connectivity index (χ0) is 12.7. The Hall–Kier alpha value is -1.93. The van der Waals surface area contributed by atoms with Crippen LogP contribution in [0.5, 0.6) is 0 Å². The van der Waals surface area contributed by atoms with Crippen LogP contribution >= 0.6 is 0 Å². The van der Waals surface area contributed by atoms with Crippen LogP contribution < -0.4 is 5.32 Å². The second-order valence-electron chi connectivity index (χ2n) is 3.53. The molecule has 17 heavy (non-hydrogen) atoms. The van der Waals surface area contributed by atoms with E-state index in [0.717, 1.165) is 13.0 Å². The minimum atomic E-state index is -0.807. The van der Waals surface area contributed by atoms with Crippen LogP contribution in [0, 0.1) is 28.3 Å². The third kappa shape index (κ3) is 4.21. The molecule has 0 unspecified atom stereocenters. The molecule has 0 saturated heterocycles. The first-order valence-electron chi connectivity index (χ1n) is 5.22. The quantitative estimate of drug-likeness (QED) is 0.356. The normalized spacial score (nSPS) is 9.88. The molecule has 90 valence electrons. The van der Waals surface area contributed by atoms with Crippen molar-refractivity contribution in [3.8, 4) is 12.3 Å². The third-order valence-electron chi connectivity index (χ3n) is 2.21. The number of halogens is 1. The van der Waals surface area contributed by atoms with Crippen LogP contribution in [-0.2, 0) is 6.54 Å². The molecule has 5 heteroatoms. The van der Waals surface area contributed by atoms with E-state index in [2.05, 4.69) is 11.2 Å². The van der Waals surface area contributed by atoms with Crippen LogP contribution in [0.2, 0.25) is 0 Å². The number of terminal acetylenes is 1. The van der Waals surface area contributed by atoms with Crippen LogP contribution in [0.25, 0.3) is 0 Å². The van der Waals surface area contributed by atoms with Gasteiger partial charge in [0.05, 0.1) is 4.92 Å². The third-order valence-corrected chi connectivity index (χ3v) is 2.21. The van der Waals surface area contributed by atoms with Gasteiger partial charge in [-0.05, 0) is 24.6 Å². The molecule has 0 heterocycles. The van der Waals surface area contributed by atoms with E-state index in [1.807, 2.05) is 0 Å². The number of hydrogen-bond acceptors (Lipinski definition) is 3. The van der Waals surface area contributed by atoms with Crippen LogP contribution in [0.4, 0.5) is 10.1 Å². The average Bonchev–Trinajstić information content (AvgIpc) is 2.28. The fourth-order valence-corrected chi connectivity index (χ4v) is 1.36. The summed E-state index contributed by atoms with van der Waals surface area (Å²) in [5.74, 6) is 1.71. The van der Waals surface area contributed by atoms with Crippen molar-refractivity contribution in [2.45, 2.75) is 19.4 Å². The zero-order valence-electron chi connectivity index (χ0n) is 9.28. The summed E-state index contributed by atoms with van der Waals surface area (Å²) >= 11 is 0. The maximum absolute atomic E-state index is 13.2. The van der Waals surface area contributed by atoms with Crippen molar-refractivity contribution in [2.75, 3.05) is 6.54 Å². The van der Waals surface area contributed by atoms with Gasteiger partial charge < -0.3 is 5.32 Å². The number of rotatable bonds is 6. The number of nitrogens with zero attached hydrogens (tertiary/aromatic N) is 1. The van der Waals surface area contributed by atoms with Gasteiger partial charge in [0, 0.05) is 19.0 Å². The SMILES string of the molecule is C#CCCCNCc1ccc([N+](=O)[O-])c(F)c1. The summed E-state index contributed by atoms with van der Waals surface area (Å²) < 4.78 is 13.2. The number of nitro groups is 1. The highest BCUT2D eigenvalue weighted by Crippen LogP contribution is 2.17. The zero-order valence-corrected chi connectivity index (χ0v) is 9.28. The van der Waals surface area contributed by atoms with E-state index in [1.54, 1.807) is 0 Å². The van der Waals surface area contributed by atoms with Crippen molar-refractivity contribution < 1.29 is 9.31 Å². The first kappa shape index (κ1) is 13.1. The molecule has 1 rings (SSSR count). The van der Waals surface area contributed by atoms with E-state index in [0.29, 0.717) is 18.5 Å².